The quantitative estimate of drug-likeness (QED) is 0.506. The maximum absolute atomic E-state index is 6.71. The highest BCUT2D eigenvalue weighted by Crippen LogP contribution is 2.49. The Morgan fingerprint density at radius 2 is 2.12 bits per heavy atom. The van der Waals surface area contributed by atoms with E-state index in [2.05, 4.69) is 37.1 Å². The minimum Gasteiger partial charge on any atom is -0.491 e. The number of allylic oxidation sites excluding steroid dienone is 1. The molecule has 4 aliphatic rings. The third kappa shape index (κ3) is 2.85. The van der Waals surface area contributed by atoms with Crippen LogP contribution in [0, 0.1) is 0 Å². The van der Waals surface area contributed by atoms with Crippen LogP contribution >= 0.6 is 0 Å². The average molecular weight is 442 g/mol. The van der Waals surface area contributed by atoms with Gasteiger partial charge in [-0.3, -0.25) is 0 Å². The Bertz CT molecular complexity index is 1300. The lowest BCUT2D eigenvalue weighted by Crippen LogP contribution is -2.29. The molecular formula is C28H31N3O2. The van der Waals surface area contributed by atoms with Crippen molar-refractivity contribution in [3.63, 3.8) is 0 Å². The number of aryl methyl sites for hydroxylation is 1. The second-order valence-corrected chi connectivity index (χ2v) is 9.56. The van der Waals surface area contributed by atoms with Gasteiger partial charge in [0, 0.05) is 35.7 Å². The topological polar surface area (TPSA) is 60.6 Å². The summed E-state index contributed by atoms with van der Waals surface area (Å²) in [5.41, 5.74) is 19.1. The Morgan fingerprint density at radius 1 is 1.27 bits per heavy atom. The standard InChI is InChI=1S/C28H31N3O2/c1-5-6-7-19-21-14-31-16(3)18-9-8-15(2)27(32-4)20(18)13-23(31)26(21)30-22-12-17-10-11-33-28(17)25(29)24(19)22/h12-13,27H,2-3,5-11,14,29H2,1,4H3/t27-/m1/s1. The zero-order valence-corrected chi connectivity index (χ0v) is 19.6. The van der Waals surface area contributed by atoms with Gasteiger partial charge in [-0.05, 0) is 60.1 Å². The molecule has 2 aromatic rings. The van der Waals surface area contributed by atoms with E-state index in [0.29, 0.717) is 6.61 Å². The van der Waals surface area contributed by atoms with Gasteiger partial charge in [0.1, 0.15) is 11.9 Å². The smallest absolute Gasteiger partial charge is 0.146 e. The summed E-state index contributed by atoms with van der Waals surface area (Å²) in [6.07, 6.45) is 8.20. The maximum Gasteiger partial charge on any atom is 0.146 e. The molecule has 0 unspecified atom stereocenters. The van der Waals surface area contributed by atoms with Crippen molar-refractivity contribution >= 4 is 22.3 Å². The SMILES string of the molecule is C=C1CCC2=C(C=C3c4nc5cc6c(c(N)c5c(CCCC)c4CN3C2=C)OCC6)[C@@H]1OC. The van der Waals surface area contributed by atoms with Crippen LogP contribution in [0.3, 0.4) is 0 Å². The first kappa shape index (κ1) is 20.5. The van der Waals surface area contributed by atoms with Crippen LogP contribution in [0.15, 0.2) is 47.7 Å². The molecule has 170 valence electrons. The lowest BCUT2D eigenvalue weighted by atomic mass is 9.82. The number of unbranched alkanes of at least 4 members (excludes halogenated alkanes) is 1. The van der Waals surface area contributed by atoms with Crippen molar-refractivity contribution in [2.24, 2.45) is 0 Å². The van der Waals surface area contributed by atoms with Gasteiger partial charge < -0.3 is 20.1 Å². The highest BCUT2D eigenvalue weighted by atomic mass is 16.5. The molecule has 0 saturated heterocycles. The molecule has 0 fully saturated rings. The van der Waals surface area contributed by atoms with Crippen LogP contribution in [-0.4, -0.2) is 29.7 Å². The van der Waals surface area contributed by atoms with Gasteiger partial charge in [-0.25, -0.2) is 4.98 Å². The van der Waals surface area contributed by atoms with Gasteiger partial charge in [-0.15, -0.1) is 0 Å². The first-order valence-electron chi connectivity index (χ1n) is 12.1. The zero-order valence-electron chi connectivity index (χ0n) is 19.6. The summed E-state index contributed by atoms with van der Waals surface area (Å²) in [4.78, 5) is 7.56. The summed E-state index contributed by atoms with van der Waals surface area (Å²) in [6.45, 7) is 12.5. The number of pyridine rings is 1. The van der Waals surface area contributed by atoms with E-state index >= 15 is 0 Å². The highest BCUT2D eigenvalue weighted by Gasteiger charge is 2.38. The molecule has 1 aromatic carbocycles. The predicted octanol–water partition coefficient (Wildman–Crippen LogP) is 5.44. The number of hydrogen-bond acceptors (Lipinski definition) is 5. The number of aromatic nitrogens is 1. The fourth-order valence-corrected chi connectivity index (χ4v) is 6.02. The van der Waals surface area contributed by atoms with Gasteiger partial charge >= 0.3 is 0 Å². The van der Waals surface area contributed by atoms with E-state index < -0.39 is 0 Å². The first-order valence-corrected chi connectivity index (χ1v) is 12.1. The number of methoxy groups -OCH3 is 1. The number of fused-ring (bicyclic) bond motifs is 5. The molecule has 4 heterocycles. The summed E-state index contributed by atoms with van der Waals surface area (Å²) >= 11 is 0. The molecule has 1 aromatic heterocycles. The van der Waals surface area contributed by atoms with Crippen molar-refractivity contribution in [1.82, 2.24) is 9.88 Å². The molecule has 3 aliphatic heterocycles. The number of rotatable bonds is 4. The van der Waals surface area contributed by atoms with E-state index in [4.69, 9.17) is 20.2 Å². The van der Waals surface area contributed by atoms with Gasteiger partial charge in [0.15, 0.2) is 0 Å². The minimum absolute atomic E-state index is 0.0831. The third-order valence-electron chi connectivity index (χ3n) is 7.70. The van der Waals surface area contributed by atoms with E-state index in [0.717, 1.165) is 90.1 Å². The molecule has 0 radical (unpaired) electrons. The second kappa shape index (κ2) is 7.49. The molecule has 0 spiro atoms. The average Bonchev–Trinajstić information content (AvgIpc) is 3.42. The fraction of sp³-hybridized carbons (Fsp3) is 0.393. The van der Waals surface area contributed by atoms with Crippen LogP contribution in [0.5, 0.6) is 5.75 Å². The van der Waals surface area contributed by atoms with Gasteiger partial charge in [0.25, 0.3) is 0 Å². The van der Waals surface area contributed by atoms with Crippen LogP contribution in [0.1, 0.15) is 55.0 Å². The highest BCUT2D eigenvalue weighted by molar-refractivity contribution is 6.00. The normalized spacial score (nSPS) is 21.1. The van der Waals surface area contributed by atoms with Crippen LogP contribution < -0.4 is 10.5 Å². The van der Waals surface area contributed by atoms with Crippen molar-refractivity contribution in [3.8, 4) is 5.75 Å². The van der Waals surface area contributed by atoms with Gasteiger partial charge in [-0.2, -0.15) is 0 Å². The van der Waals surface area contributed by atoms with Crippen LogP contribution in [0.4, 0.5) is 5.69 Å². The second-order valence-electron chi connectivity index (χ2n) is 9.56. The number of ether oxygens (including phenoxy) is 2. The molecule has 0 saturated carbocycles. The number of benzene rings is 1. The van der Waals surface area contributed by atoms with E-state index in [1.54, 1.807) is 7.11 Å². The van der Waals surface area contributed by atoms with Crippen molar-refractivity contribution in [2.45, 2.75) is 58.1 Å². The molecule has 33 heavy (non-hydrogen) atoms. The molecule has 2 N–H and O–H groups in total. The van der Waals surface area contributed by atoms with Crippen LogP contribution in [0.2, 0.25) is 0 Å². The van der Waals surface area contributed by atoms with Crippen molar-refractivity contribution in [2.75, 3.05) is 19.5 Å². The molecule has 1 aliphatic carbocycles. The molecule has 1 atom stereocenters. The monoisotopic (exact) mass is 441 g/mol. The Morgan fingerprint density at radius 3 is 2.91 bits per heavy atom. The summed E-state index contributed by atoms with van der Waals surface area (Å²) in [6, 6.07) is 2.19. The molecule has 5 nitrogen and oxygen atoms in total. The molecule has 0 bridgehead atoms. The largest absolute Gasteiger partial charge is 0.491 e. The third-order valence-corrected chi connectivity index (χ3v) is 7.70. The number of hydrogen-bond donors (Lipinski definition) is 1. The Balaban J connectivity index is 1.59. The number of nitrogens with two attached hydrogens (primary N) is 1. The number of nitrogens with zero attached hydrogens (tertiary/aromatic N) is 2. The van der Waals surface area contributed by atoms with Gasteiger partial charge in [0.05, 0.1) is 35.7 Å². The summed E-state index contributed by atoms with van der Waals surface area (Å²) < 4.78 is 11.8. The lowest BCUT2D eigenvalue weighted by Gasteiger charge is -2.36. The van der Waals surface area contributed by atoms with Crippen molar-refractivity contribution in [3.05, 3.63) is 70.1 Å². The molecule has 5 heteroatoms. The Hall–Kier alpha value is -3.05. The van der Waals surface area contributed by atoms with Crippen LogP contribution in [0.25, 0.3) is 16.6 Å². The summed E-state index contributed by atoms with van der Waals surface area (Å²) in [5, 5.41) is 1.08. The van der Waals surface area contributed by atoms with E-state index in [1.165, 1.54) is 27.8 Å². The molecule has 0 amide bonds. The van der Waals surface area contributed by atoms with Crippen LogP contribution in [-0.2, 0) is 24.1 Å². The van der Waals surface area contributed by atoms with Gasteiger partial charge in [-0.1, -0.05) is 26.5 Å². The predicted molar refractivity (Wildman–Crippen MR) is 133 cm³/mol. The molecule has 6 rings (SSSR count). The van der Waals surface area contributed by atoms with E-state index in [-0.39, 0.29) is 6.10 Å². The van der Waals surface area contributed by atoms with Crippen molar-refractivity contribution < 1.29 is 9.47 Å². The Kier molecular flexibility index (Phi) is 4.66. The van der Waals surface area contributed by atoms with Crippen molar-refractivity contribution in [1.29, 1.82) is 0 Å². The number of nitrogen functional groups attached to an aromatic ring is 1. The van der Waals surface area contributed by atoms with Gasteiger partial charge in [0.2, 0.25) is 0 Å². The minimum atomic E-state index is -0.0831. The summed E-state index contributed by atoms with van der Waals surface area (Å²) in [7, 11) is 1.77. The number of anilines is 1. The first-order chi connectivity index (χ1) is 16.0. The van der Waals surface area contributed by atoms with E-state index in [1.807, 2.05) is 0 Å². The summed E-state index contributed by atoms with van der Waals surface area (Å²) in [5.74, 6) is 0.861. The Labute approximate surface area is 195 Å². The zero-order chi connectivity index (χ0) is 22.9. The fourth-order valence-electron chi connectivity index (χ4n) is 6.02. The van der Waals surface area contributed by atoms with E-state index in [9.17, 15) is 0 Å². The molecular weight excluding hydrogens is 410 g/mol. The lowest BCUT2D eigenvalue weighted by molar-refractivity contribution is 0.154. The maximum atomic E-state index is 6.71.